The fourth-order valence-electron chi connectivity index (χ4n) is 1.38. The van der Waals surface area contributed by atoms with Crippen LogP contribution in [-0.4, -0.2) is 13.1 Å². The molecule has 0 aliphatic carbocycles. The number of hydrogen-bond acceptors (Lipinski definition) is 3. The molecule has 0 aliphatic heterocycles. The second kappa shape index (κ2) is 4.63. The Hall–Kier alpha value is -1.93. The predicted molar refractivity (Wildman–Crippen MR) is 52.2 cm³/mol. The lowest BCUT2D eigenvalue weighted by Crippen LogP contribution is -2.19. The molecule has 0 aromatic heterocycles. The Bertz CT molecular complexity index is 506. The summed E-state index contributed by atoms with van der Waals surface area (Å²) in [5.74, 6) is -1.46. The van der Waals surface area contributed by atoms with E-state index >= 15 is 0 Å². The van der Waals surface area contributed by atoms with Gasteiger partial charge in [-0.2, -0.15) is 26.3 Å². The molecule has 9 heteroatoms. The molecule has 0 saturated carbocycles. The molecule has 0 unspecified atom stereocenters. The third-order valence-corrected chi connectivity index (χ3v) is 2.19. The highest BCUT2D eigenvalue weighted by Crippen LogP contribution is 2.39. The van der Waals surface area contributed by atoms with E-state index in [0.29, 0.717) is 0 Å². The maximum absolute atomic E-state index is 12.7. The predicted octanol–water partition coefficient (Wildman–Crippen LogP) is 3.09. The van der Waals surface area contributed by atoms with Gasteiger partial charge in [0, 0.05) is 5.69 Å². The van der Waals surface area contributed by atoms with Gasteiger partial charge in [0.05, 0.1) is 23.8 Å². The number of benzene rings is 1. The van der Waals surface area contributed by atoms with Crippen LogP contribution < -0.4 is 5.73 Å². The number of ether oxygens (including phenoxy) is 1. The van der Waals surface area contributed by atoms with Crippen molar-refractivity contribution in [1.82, 2.24) is 0 Å². The van der Waals surface area contributed by atoms with E-state index < -0.39 is 40.7 Å². The minimum Gasteiger partial charge on any atom is -0.465 e. The molecule has 3 nitrogen and oxygen atoms in total. The van der Waals surface area contributed by atoms with Gasteiger partial charge in [0.1, 0.15) is 0 Å². The van der Waals surface area contributed by atoms with Gasteiger partial charge in [-0.05, 0) is 12.1 Å². The molecule has 0 atom stereocenters. The monoisotopic (exact) mass is 287 g/mol. The molecule has 0 fully saturated rings. The van der Waals surface area contributed by atoms with Crippen molar-refractivity contribution < 1.29 is 35.9 Å². The molecule has 0 amide bonds. The molecular formula is C10H7F6NO2. The molecule has 1 rings (SSSR count). The molecule has 0 saturated heterocycles. The molecule has 19 heavy (non-hydrogen) atoms. The molecule has 0 heterocycles. The zero-order chi connectivity index (χ0) is 15.0. The second-order valence-corrected chi connectivity index (χ2v) is 3.48. The Kier molecular flexibility index (Phi) is 3.69. The van der Waals surface area contributed by atoms with Crippen molar-refractivity contribution in [2.24, 2.45) is 0 Å². The molecule has 0 radical (unpaired) electrons. The minimum absolute atomic E-state index is 0.178. The van der Waals surface area contributed by atoms with E-state index in [1.165, 1.54) is 0 Å². The number of nitrogens with two attached hydrogens (primary N) is 1. The molecule has 0 spiro atoms. The first-order valence-corrected chi connectivity index (χ1v) is 4.64. The Morgan fingerprint density at radius 2 is 1.63 bits per heavy atom. The summed E-state index contributed by atoms with van der Waals surface area (Å²) in [4.78, 5) is 11.2. The number of nitrogen functional groups attached to an aromatic ring is 1. The summed E-state index contributed by atoms with van der Waals surface area (Å²) < 4.78 is 79.3. The first kappa shape index (κ1) is 15.1. The molecule has 0 aliphatic rings. The number of hydrogen-bond donors (Lipinski definition) is 1. The Morgan fingerprint density at radius 3 is 2.00 bits per heavy atom. The van der Waals surface area contributed by atoms with Gasteiger partial charge in [-0.15, -0.1) is 0 Å². The second-order valence-electron chi connectivity index (χ2n) is 3.48. The summed E-state index contributed by atoms with van der Waals surface area (Å²) in [5.41, 5.74) is -0.373. The van der Waals surface area contributed by atoms with Crippen LogP contribution in [0.4, 0.5) is 32.0 Å². The molecule has 0 bridgehead atoms. The van der Waals surface area contributed by atoms with Crippen molar-refractivity contribution in [3.05, 3.63) is 28.8 Å². The highest BCUT2D eigenvalue weighted by atomic mass is 19.4. The summed E-state index contributed by atoms with van der Waals surface area (Å²) in [7, 11) is 0.791. The maximum atomic E-state index is 12.7. The molecule has 2 N–H and O–H groups in total. The zero-order valence-electron chi connectivity index (χ0n) is 9.32. The zero-order valence-corrected chi connectivity index (χ0v) is 9.32. The van der Waals surface area contributed by atoms with Crippen LogP contribution in [0, 0.1) is 0 Å². The normalized spacial score (nSPS) is 12.4. The van der Waals surface area contributed by atoms with Crippen LogP contribution in [0.15, 0.2) is 12.1 Å². The van der Waals surface area contributed by atoms with Crippen LogP contribution in [0.1, 0.15) is 21.5 Å². The van der Waals surface area contributed by atoms with Gasteiger partial charge in [-0.25, -0.2) is 4.79 Å². The highest BCUT2D eigenvalue weighted by Gasteiger charge is 2.41. The average molecular weight is 287 g/mol. The van der Waals surface area contributed by atoms with Crippen molar-refractivity contribution in [1.29, 1.82) is 0 Å². The number of alkyl halides is 6. The number of anilines is 1. The van der Waals surface area contributed by atoms with Crippen LogP contribution >= 0.6 is 0 Å². The summed E-state index contributed by atoms with van der Waals surface area (Å²) in [6.45, 7) is 0. The topological polar surface area (TPSA) is 52.3 Å². The van der Waals surface area contributed by atoms with Crippen molar-refractivity contribution >= 4 is 11.7 Å². The van der Waals surface area contributed by atoms with Crippen LogP contribution in [-0.2, 0) is 17.1 Å². The lowest BCUT2D eigenvalue weighted by atomic mass is 10.0. The number of rotatable bonds is 1. The maximum Gasteiger partial charge on any atom is 0.417 e. The third kappa shape index (κ3) is 3.09. The first-order chi connectivity index (χ1) is 8.48. The Labute approximate surface area is 102 Å². The van der Waals surface area contributed by atoms with Crippen molar-refractivity contribution in [3.63, 3.8) is 0 Å². The third-order valence-electron chi connectivity index (χ3n) is 2.19. The van der Waals surface area contributed by atoms with E-state index in [4.69, 9.17) is 5.73 Å². The Morgan fingerprint density at radius 1 is 1.11 bits per heavy atom. The van der Waals surface area contributed by atoms with Gasteiger partial charge in [0.25, 0.3) is 0 Å². The lowest BCUT2D eigenvalue weighted by molar-refractivity contribution is -0.143. The molecule has 1 aromatic carbocycles. The van der Waals surface area contributed by atoms with E-state index in [0.717, 1.165) is 7.11 Å². The van der Waals surface area contributed by atoms with E-state index in [9.17, 15) is 31.1 Å². The van der Waals surface area contributed by atoms with E-state index in [1.807, 2.05) is 0 Å². The number of halogens is 6. The van der Waals surface area contributed by atoms with Crippen LogP contribution in [0.2, 0.25) is 0 Å². The highest BCUT2D eigenvalue weighted by molar-refractivity contribution is 5.97. The van der Waals surface area contributed by atoms with Crippen LogP contribution in [0.25, 0.3) is 0 Å². The van der Waals surface area contributed by atoms with Crippen LogP contribution in [0.5, 0.6) is 0 Å². The van der Waals surface area contributed by atoms with Gasteiger partial charge in [0.2, 0.25) is 0 Å². The molecular weight excluding hydrogens is 280 g/mol. The number of methoxy groups -OCH3 is 1. The van der Waals surface area contributed by atoms with Gasteiger partial charge < -0.3 is 10.5 Å². The average Bonchev–Trinajstić information content (AvgIpc) is 2.24. The SMILES string of the molecule is COC(=O)c1c(N)cc(C(F)(F)F)cc1C(F)(F)F. The number of esters is 1. The largest absolute Gasteiger partial charge is 0.465 e. The summed E-state index contributed by atoms with van der Waals surface area (Å²) in [6.07, 6.45) is -10.2. The summed E-state index contributed by atoms with van der Waals surface area (Å²) in [6, 6.07) is 0.0735. The fraction of sp³-hybridized carbons (Fsp3) is 0.300. The minimum atomic E-state index is -5.17. The smallest absolute Gasteiger partial charge is 0.417 e. The molecule has 106 valence electrons. The van der Waals surface area contributed by atoms with E-state index in [2.05, 4.69) is 4.74 Å². The summed E-state index contributed by atoms with van der Waals surface area (Å²) >= 11 is 0. The van der Waals surface area contributed by atoms with Crippen LogP contribution in [0.3, 0.4) is 0 Å². The van der Waals surface area contributed by atoms with Crippen molar-refractivity contribution in [3.8, 4) is 0 Å². The van der Waals surface area contributed by atoms with Crippen molar-refractivity contribution in [2.75, 3.05) is 12.8 Å². The number of carbonyl (C=O) groups is 1. The number of carbonyl (C=O) groups excluding carboxylic acids is 1. The quantitative estimate of drug-likeness (QED) is 0.490. The fourth-order valence-corrected chi connectivity index (χ4v) is 1.38. The van der Waals surface area contributed by atoms with Gasteiger partial charge in [-0.1, -0.05) is 0 Å². The summed E-state index contributed by atoms with van der Waals surface area (Å²) in [5, 5.41) is 0. The standard InChI is InChI=1S/C10H7F6NO2/c1-19-8(18)7-5(10(14,15)16)2-4(3-6(7)17)9(11,12)13/h2-3H,17H2,1H3. The van der Waals surface area contributed by atoms with Crippen molar-refractivity contribution in [2.45, 2.75) is 12.4 Å². The van der Waals surface area contributed by atoms with Gasteiger partial charge in [0.15, 0.2) is 0 Å². The van der Waals surface area contributed by atoms with Gasteiger partial charge >= 0.3 is 18.3 Å². The van der Waals surface area contributed by atoms with E-state index in [1.54, 1.807) is 0 Å². The molecule has 1 aromatic rings. The van der Waals surface area contributed by atoms with E-state index in [-0.39, 0.29) is 12.1 Å². The Balaban J connectivity index is 3.62. The first-order valence-electron chi connectivity index (χ1n) is 4.64. The van der Waals surface area contributed by atoms with Gasteiger partial charge in [-0.3, -0.25) is 0 Å². The lowest BCUT2D eigenvalue weighted by Gasteiger charge is -2.16.